The van der Waals surface area contributed by atoms with Gasteiger partial charge in [-0.15, -0.1) is 0 Å². The van der Waals surface area contributed by atoms with E-state index in [-0.39, 0.29) is 47.2 Å². The quantitative estimate of drug-likeness (QED) is 0.786. The second kappa shape index (κ2) is 5.48. The average molecular weight is 269 g/mol. The van der Waals surface area contributed by atoms with E-state index in [1.54, 1.807) is 0 Å². The first kappa shape index (κ1) is 10.8. The monoisotopic (exact) mass is 269 g/mol. The fraction of sp³-hybridized carbons (Fsp3) is 0.857. The SMILES string of the molecule is O=C(O)C1CCCCC1.[Pr]. The van der Waals surface area contributed by atoms with E-state index in [2.05, 4.69) is 0 Å². The molecule has 0 amide bonds. The molecule has 10 heavy (non-hydrogen) atoms. The molecule has 0 aliphatic heterocycles. The first-order chi connectivity index (χ1) is 4.30. The first-order valence-corrected chi connectivity index (χ1v) is 3.53. The second-order valence-electron chi connectivity index (χ2n) is 2.67. The predicted molar refractivity (Wildman–Crippen MR) is 34.2 cm³/mol. The van der Waals surface area contributed by atoms with Crippen molar-refractivity contribution in [3.63, 3.8) is 0 Å². The number of carboxylic acid groups (broad SMARTS) is 1. The van der Waals surface area contributed by atoms with Crippen LogP contribution in [0.2, 0.25) is 0 Å². The molecule has 1 rings (SSSR count). The molecule has 0 aromatic heterocycles. The number of aliphatic carboxylic acids is 1. The summed E-state index contributed by atoms with van der Waals surface area (Å²) in [4.78, 5) is 10.4. The van der Waals surface area contributed by atoms with Crippen LogP contribution in [0.4, 0.5) is 0 Å². The molecule has 1 aliphatic carbocycles. The summed E-state index contributed by atoms with van der Waals surface area (Å²) in [7, 11) is 0. The number of carbonyl (C=O) groups is 1. The van der Waals surface area contributed by atoms with Gasteiger partial charge in [-0.2, -0.15) is 0 Å². The van der Waals surface area contributed by atoms with Gasteiger partial charge in [0.05, 0.1) is 5.92 Å². The van der Waals surface area contributed by atoms with Crippen molar-refractivity contribution in [2.45, 2.75) is 32.1 Å². The number of rotatable bonds is 1. The molecule has 55 valence electrons. The van der Waals surface area contributed by atoms with Gasteiger partial charge in [-0.05, 0) is 12.8 Å². The van der Waals surface area contributed by atoms with Gasteiger partial charge in [0.2, 0.25) is 0 Å². The Hall–Kier alpha value is 0.834. The number of hydrogen-bond acceptors (Lipinski definition) is 1. The zero-order chi connectivity index (χ0) is 6.69. The van der Waals surface area contributed by atoms with Crippen LogP contribution in [0.25, 0.3) is 0 Å². The summed E-state index contributed by atoms with van der Waals surface area (Å²) < 4.78 is 0. The summed E-state index contributed by atoms with van der Waals surface area (Å²) in [5.74, 6) is -0.631. The first-order valence-electron chi connectivity index (χ1n) is 3.53. The average Bonchev–Trinajstić information content (AvgIpc) is 1.90. The van der Waals surface area contributed by atoms with Gasteiger partial charge < -0.3 is 5.11 Å². The Balaban J connectivity index is 0.000000810. The van der Waals surface area contributed by atoms with Gasteiger partial charge in [0.15, 0.2) is 0 Å². The van der Waals surface area contributed by atoms with Crippen molar-refractivity contribution < 1.29 is 51.2 Å². The molecule has 0 bridgehead atoms. The molecule has 1 radical (unpaired) electrons. The Labute approximate surface area is 94.3 Å². The molecule has 1 N–H and O–H groups in total. The van der Waals surface area contributed by atoms with Crippen LogP contribution in [0.15, 0.2) is 0 Å². The standard InChI is InChI=1S/C7H12O2.Pr/c8-7(9)6-4-2-1-3-5-6;/h6H,1-5H2,(H,8,9);. The van der Waals surface area contributed by atoms with E-state index < -0.39 is 5.97 Å². The minimum atomic E-state index is -0.602. The molecule has 0 saturated heterocycles. The molecule has 0 unspecified atom stereocenters. The van der Waals surface area contributed by atoms with Gasteiger partial charge in [0.25, 0.3) is 0 Å². The van der Waals surface area contributed by atoms with Gasteiger partial charge >= 0.3 is 5.97 Å². The molecule has 1 fully saturated rings. The van der Waals surface area contributed by atoms with Crippen molar-refractivity contribution in [2.24, 2.45) is 5.92 Å². The van der Waals surface area contributed by atoms with Crippen molar-refractivity contribution in [3.05, 3.63) is 0 Å². The van der Waals surface area contributed by atoms with E-state index in [0.717, 1.165) is 25.7 Å². The summed E-state index contributed by atoms with van der Waals surface area (Å²) in [5.41, 5.74) is 0. The molecule has 0 spiro atoms. The summed E-state index contributed by atoms with van der Waals surface area (Å²) in [6, 6.07) is 0. The zero-order valence-corrected chi connectivity index (χ0v) is 9.75. The second-order valence-corrected chi connectivity index (χ2v) is 2.67. The predicted octanol–water partition coefficient (Wildman–Crippen LogP) is 1.65. The summed E-state index contributed by atoms with van der Waals surface area (Å²) in [6.07, 6.45) is 5.24. The topological polar surface area (TPSA) is 37.3 Å². The van der Waals surface area contributed by atoms with Crippen molar-refractivity contribution in [1.82, 2.24) is 0 Å². The summed E-state index contributed by atoms with van der Waals surface area (Å²) in [6.45, 7) is 0. The van der Waals surface area contributed by atoms with Gasteiger partial charge in [0, 0.05) is 41.3 Å². The molecule has 0 aromatic rings. The molecule has 2 nitrogen and oxygen atoms in total. The minimum Gasteiger partial charge on any atom is -0.481 e. The molecule has 3 heteroatoms. The molecular formula is C7H12O2Pr. The Kier molecular flexibility index (Phi) is 5.94. The van der Waals surface area contributed by atoms with Crippen molar-refractivity contribution >= 4 is 5.97 Å². The van der Waals surface area contributed by atoms with Crippen LogP contribution in [0.3, 0.4) is 0 Å². The largest absolute Gasteiger partial charge is 0.481 e. The Bertz CT molecular complexity index is 108. The third-order valence-corrected chi connectivity index (χ3v) is 1.95. The Morgan fingerprint density at radius 2 is 1.70 bits per heavy atom. The van der Waals surface area contributed by atoms with E-state index in [1.807, 2.05) is 0 Å². The number of hydrogen-bond donors (Lipinski definition) is 1. The van der Waals surface area contributed by atoms with E-state index in [4.69, 9.17) is 5.11 Å². The maximum atomic E-state index is 10.4. The molecule has 0 atom stereocenters. The molecule has 1 aliphatic rings. The third kappa shape index (κ3) is 3.29. The Morgan fingerprint density at radius 3 is 2.00 bits per heavy atom. The van der Waals surface area contributed by atoms with Crippen LogP contribution in [0.1, 0.15) is 32.1 Å². The van der Waals surface area contributed by atoms with E-state index >= 15 is 0 Å². The van der Waals surface area contributed by atoms with E-state index in [1.165, 1.54) is 6.42 Å². The third-order valence-electron chi connectivity index (χ3n) is 1.95. The maximum absolute atomic E-state index is 10.4. The van der Waals surface area contributed by atoms with Crippen LogP contribution in [-0.2, 0) is 4.79 Å². The van der Waals surface area contributed by atoms with E-state index in [0.29, 0.717) is 0 Å². The molecule has 0 heterocycles. The van der Waals surface area contributed by atoms with Crippen LogP contribution < -0.4 is 0 Å². The Morgan fingerprint density at radius 1 is 1.20 bits per heavy atom. The van der Waals surface area contributed by atoms with Gasteiger partial charge in [-0.1, -0.05) is 19.3 Å². The van der Waals surface area contributed by atoms with Crippen molar-refractivity contribution in [2.75, 3.05) is 0 Å². The molecule has 0 aromatic carbocycles. The maximum Gasteiger partial charge on any atom is 0.306 e. The zero-order valence-electron chi connectivity index (χ0n) is 6.05. The van der Waals surface area contributed by atoms with Crippen LogP contribution >= 0.6 is 0 Å². The smallest absolute Gasteiger partial charge is 0.306 e. The normalized spacial score (nSPS) is 19.6. The summed E-state index contributed by atoms with van der Waals surface area (Å²) >= 11 is 0. The fourth-order valence-corrected chi connectivity index (χ4v) is 1.35. The minimum absolute atomic E-state index is 0. The van der Waals surface area contributed by atoms with Crippen LogP contribution in [0.5, 0.6) is 0 Å². The van der Waals surface area contributed by atoms with Crippen molar-refractivity contribution in [1.29, 1.82) is 0 Å². The van der Waals surface area contributed by atoms with Gasteiger partial charge in [-0.3, -0.25) is 4.79 Å². The van der Waals surface area contributed by atoms with Gasteiger partial charge in [-0.25, -0.2) is 0 Å². The van der Waals surface area contributed by atoms with Gasteiger partial charge in [0.1, 0.15) is 0 Å². The van der Waals surface area contributed by atoms with Crippen LogP contribution in [0, 0.1) is 47.2 Å². The number of carboxylic acids is 1. The fourth-order valence-electron chi connectivity index (χ4n) is 1.35. The van der Waals surface area contributed by atoms with E-state index in [9.17, 15) is 4.79 Å². The molecular weight excluding hydrogens is 257 g/mol. The molecule has 1 saturated carbocycles. The summed E-state index contributed by atoms with van der Waals surface area (Å²) in [5, 5.41) is 8.54. The van der Waals surface area contributed by atoms with Crippen LogP contribution in [-0.4, -0.2) is 11.1 Å². The van der Waals surface area contributed by atoms with Crippen molar-refractivity contribution in [3.8, 4) is 0 Å².